The van der Waals surface area contributed by atoms with Gasteiger partial charge in [-0.25, -0.2) is 23.2 Å². The zero-order valence-electron chi connectivity index (χ0n) is 24.7. The van der Waals surface area contributed by atoms with Crippen LogP contribution in [-0.2, 0) is 39.8 Å². The number of unbranched alkanes of at least 4 members (excludes halogenated alkanes) is 1. The molecule has 1 aromatic carbocycles. The molecule has 4 atom stereocenters. The molecule has 11 nitrogen and oxygen atoms in total. The molecule has 0 aliphatic carbocycles. The highest BCUT2D eigenvalue weighted by Crippen LogP contribution is 2.20. The van der Waals surface area contributed by atoms with Gasteiger partial charge in [-0.1, -0.05) is 20.3 Å². The van der Waals surface area contributed by atoms with Gasteiger partial charge in [0.05, 0.1) is 13.7 Å². The van der Waals surface area contributed by atoms with Crippen molar-refractivity contribution in [1.82, 2.24) is 15.5 Å². The van der Waals surface area contributed by atoms with E-state index in [1.807, 2.05) is 0 Å². The molecular formula is C29H41F2N3O8. The number of hydrogen-bond acceptors (Lipinski definition) is 8. The Morgan fingerprint density at radius 1 is 1.02 bits per heavy atom. The van der Waals surface area contributed by atoms with Gasteiger partial charge in [0.2, 0.25) is 11.8 Å². The molecule has 1 fully saturated rings. The minimum absolute atomic E-state index is 0.0598. The number of benzene rings is 1. The van der Waals surface area contributed by atoms with Crippen molar-refractivity contribution in [1.29, 1.82) is 0 Å². The Hall–Kier alpha value is -3.77. The normalized spacial score (nSPS) is 16.8. The second-order valence-corrected chi connectivity index (χ2v) is 10.7. The third kappa shape index (κ3) is 10.9. The summed E-state index contributed by atoms with van der Waals surface area (Å²) < 4.78 is 43.1. The van der Waals surface area contributed by atoms with Crippen LogP contribution in [0, 0.1) is 17.6 Å². The van der Waals surface area contributed by atoms with Crippen LogP contribution in [0.25, 0.3) is 0 Å². The van der Waals surface area contributed by atoms with Crippen LogP contribution >= 0.6 is 0 Å². The number of halogens is 2. The summed E-state index contributed by atoms with van der Waals surface area (Å²) >= 11 is 0. The van der Waals surface area contributed by atoms with Gasteiger partial charge in [0.25, 0.3) is 0 Å². The van der Waals surface area contributed by atoms with Crippen LogP contribution in [0.2, 0.25) is 0 Å². The van der Waals surface area contributed by atoms with Crippen molar-refractivity contribution in [3.8, 4) is 0 Å². The van der Waals surface area contributed by atoms with E-state index in [0.29, 0.717) is 37.8 Å². The van der Waals surface area contributed by atoms with Gasteiger partial charge >= 0.3 is 18.0 Å². The number of carbonyl (C=O) groups excluding carboxylic acids is 5. The molecule has 2 N–H and O–H groups in total. The molecule has 1 unspecified atom stereocenters. The zero-order chi connectivity index (χ0) is 31.4. The number of amides is 3. The predicted octanol–water partition coefficient (Wildman–Crippen LogP) is 3.03. The highest BCUT2D eigenvalue weighted by atomic mass is 19.1. The highest BCUT2D eigenvalue weighted by Gasteiger charge is 2.38. The van der Waals surface area contributed by atoms with Crippen LogP contribution in [-0.4, -0.2) is 79.2 Å². The van der Waals surface area contributed by atoms with Gasteiger partial charge in [-0.3, -0.25) is 9.59 Å². The van der Waals surface area contributed by atoms with E-state index in [-0.39, 0.29) is 24.5 Å². The summed E-state index contributed by atoms with van der Waals surface area (Å²) in [4.78, 5) is 64.5. The second kappa shape index (κ2) is 16.6. The first-order valence-corrected chi connectivity index (χ1v) is 14.1. The Morgan fingerprint density at radius 2 is 1.69 bits per heavy atom. The van der Waals surface area contributed by atoms with Gasteiger partial charge in [0.1, 0.15) is 29.8 Å². The van der Waals surface area contributed by atoms with Crippen LogP contribution < -0.4 is 10.6 Å². The Kier molecular flexibility index (Phi) is 13.6. The number of alkyl carbamates (subject to hydrolysis) is 1. The fourth-order valence-electron chi connectivity index (χ4n) is 4.64. The quantitative estimate of drug-likeness (QED) is 0.190. The van der Waals surface area contributed by atoms with Gasteiger partial charge in [0, 0.05) is 26.0 Å². The van der Waals surface area contributed by atoms with E-state index in [9.17, 15) is 32.8 Å². The monoisotopic (exact) mass is 597 g/mol. The molecule has 1 aromatic rings. The standard InChI is InChI=1S/C29H41F2N3O8/c1-17(2)9-6-7-12-41-29(39)32-23(15-20-13-21(30)16-22(31)14-20)26(36)33-25(28(38)40-5)18(3)42-27(37)24-10-8-11-34(24)19(4)35/h13-14,16-18,23-25H,6-12,15H2,1-5H3,(H,32,39)(H,33,36)/t18-,23-,24?,25-/m0/s1. The molecule has 0 saturated carbocycles. The fourth-order valence-corrected chi connectivity index (χ4v) is 4.64. The van der Waals surface area contributed by atoms with Crippen molar-refractivity contribution in [3.63, 3.8) is 0 Å². The first-order chi connectivity index (χ1) is 19.8. The van der Waals surface area contributed by atoms with Crippen molar-refractivity contribution < 1.29 is 47.0 Å². The fraction of sp³-hybridized carbons (Fsp3) is 0.621. The number of nitrogens with one attached hydrogen (secondary N) is 2. The summed E-state index contributed by atoms with van der Waals surface area (Å²) in [5.41, 5.74) is 0.0598. The molecule has 1 aliphatic rings. The third-order valence-electron chi connectivity index (χ3n) is 6.83. The van der Waals surface area contributed by atoms with Crippen LogP contribution in [0.5, 0.6) is 0 Å². The van der Waals surface area contributed by atoms with E-state index in [0.717, 1.165) is 32.1 Å². The maximum atomic E-state index is 13.8. The molecule has 42 heavy (non-hydrogen) atoms. The van der Waals surface area contributed by atoms with E-state index in [2.05, 4.69) is 24.5 Å². The van der Waals surface area contributed by atoms with Gasteiger partial charge in [-0.2, -0.15) is 0 Å². The Balaban J connectivity index is 2.16. The molecule has 0 spiro atoms. The maximum absolute atomic E-state index is 13.8. The summed E-state index contributed by atoms with van der Waals surface area (Å²) in [6.07, 6.45) is 0.864. The lowest BCUT2D eigenvalue weighted by molar-refractivity contribution is -0.163. The lowest BCUT2D eigenvalue weighted by Gasteiger charge is -2.28. The number of ether oxygens (including phenoxy) is 3. The minimum Gasteiger partial charge on any atom is -0.467 e. The summed E-state index contributed by atoms with van der Waals surface area (Å²) in [5, 5.41) is 4.80. The molecule has 0 aromatic heterocycles. The molecule has 1 aliphatic heterocycles. The van der Waals surface area contributed by atoms with Crippen LogP contribution in [0.4, 0.5) is 13.6 Å². The summed E-state index contributed by atoms with van der Waals surface area (Å²) in [5.74, 6) is -4.16. The van der Waals surface area contributed by atoms with Crippen molar-refractivity contribution in [3.05, 3.63) is 35.4 Å². The molecule has 0 bridgehead atoms. The predicted molar refractivity (Wildman–Crippen MR) is 147 cm³/mol. The van der Waals surface area contributed by atoms with E-state index >= 15 is 0 Å². The van der Waals surface area contributed by atoms with Gasteiger partial charge in [0.15, 0.2) is 6.04 Å². The molecule has 234 valence electrons. The average Bonchev–Trinajstić information content (AvgIpc) is 3.40. The van der Waals surface area contributed by atoms with E-state index < -0.39 is 59.8 Å². The number of esters is 2. The first-order valence-electron chi connectivity index (χ1n) is 14.1. The molecule has 1 heterocycles. The van der Waals surface area contributed by atoms with E-state index in [1.54, 1.807) is 0 Å². The third-order valence-corrected chi connectivity index (χ3v) is 6.83. The first kappa shape index (κ1) is 34.4. The smallest absolute Gasteiger partial charge is 0.407 e. The summed E-state index contributed by atoms with van der Waals surface area (Å²) in [6, 6.07) is -1.07. The Bertz CT molecular complexity index is 1100. The largest absolute Gasteiger partial charge is 0.467 e. The Morgan fingerprint density at radius 3 is 2.29 bits per heavy atom. The topological polar surface area (TPSA) is 140 Å². The minimum atomic E-state index is -1.50. The van der Waals surface area contributed by atoms with Crippen molar-refractivity contribution in [2.24, 2.45) is 5.92 Å². The van der Waals surface area contributed by atoms with E-state index in [1.165, 1.54) is 18.7 Å². The van der Waals surface area contributed by atoms with Crippen LogP contribution in [0.15, 0.2) is 18.2 Å². The molecule has 1 saturated heterocycles. The van der Waals surface area contributed by atoms with Crippen molar-refractivity contribution >= 4 is 29.8 Å². The molecule has 13 heteroatoms. The average molecular weight is 598 g/mol. The number of methoxy groups -OCH3 is 1. The molecular weight excluding hydrogens is 556 g/mol. The number of nitrogens with zero attached hydrogens (tertiary/aromatic N) is 1. The van der Waals surface area contributed by atoms with Gasteiger partial charge < -0.3 is 29.7 Å². The number of carbonyl (C=O) groups is 5. The van der Waals surface area contributed by atoms with Gasteiger partial charge in [-0.05, 0) is 56.2 Å². The maximum Gasteiger partial charge on any atom is 0.407 e. The van der Waals surface area contributed by atoms with Crippen molar-refractivity contribution in [2.75, 3.05) is 20.3 Å². The lowest BCUT2D eigenvalue weighted by Crippen LogP contribution is -2.56. The second-order valence-electron chi connectivity index (χ2n) is 10.7. The molecule has 2 rings (SSSR count). The van der Waals surface area contributed by atoms with E-state index in [4.69, 9.17) is 14.2 Å². The highest BCUT2D eigenvalue weighted by molar-refractivity contribution is 5.90. The Labute approximate surface area is 244 Å². The molecule has 3 amide bonds. The van der Waals surface area contributed by atoms with Crippen LogP contribution in [0.3, 0.4) is 0 Å². The molecule has 0 radical (unpaired) electrons. The SMILES string of the molecule is COC(=O)[C@@H](NC(=O)[C@H](Cc1cc(F)cc(F)c1)NC(=O)OCCCCC(C)C)[C@H](C)OC(=O)C1CCCN1C(C)=O. The van der Waals surface area contributed by atoms with Crippen molar-refractivity contribution in [2.45, 2.75) is 90.4 Å². The number of likely N-dealkylation sites (tertiary alicyclic amines) is 1. The summed E-state index contributed by atoms with van der Waals surface area (Å²) in [6.45, 7) is 7.33. The lowest BCUT2D eigenvalue weighted by atomic mass is 10.0. The number of rotatable bonds is 14. The summed E-state index contributed by atoms with van der Waals surface area (Å²) in [7, 11) is 1.08. The number of hydrogen-bond donors (Lipinski definition) is 2. The zero-order valence-corrected chi connectivity index (χ0v) is 24.7. The van der Waals surface area contributed by atoms with Crippen LogP contribution in [0.1, 0.15) is 65.4 Å². The van der Waals surface area contributed by atoms with Gasteiger partial charge in [-0.15, -0.1) is 0 Å².